The number of anilines is 1. The predicted octanol–water partition coefficient (Wildman–Crippen LogP) is 5.03. The van der Waals surface area contributed by atoms with Gasteiger partial charge in [-0.3, -0.25) is 10.1 Å². The second-order valence-electron chi connectivity index (χ2n) is 6.41. The van der Waals surface area contributed by atoms with E-state index in [0.717, 1.165) is 5.01 Å². The number of carbonyl (C=O) groups excluding carboxylic acids is 1. The molecule has 0 aliphatic rings. The van der Waals surface area contributed by atoms with Crippen molar-refractivity contribution in [2.24, 2.45) is 0 Å². The van der Waals surface area contributed by atoms with E-state index in [4.69, 9.17) is 21.1 Å². The van der Waals surface area contributed by atoms with Gasteiger partial charge in [0.15, 0.2) is 11.5 Å². The maximum Gasteiger partial charge on any atom is 0.268 e. The molecule has 0 fully saturated rings. The molecule has 3 rings (SSSR count). The summed E-state index contributed by atoms with van der Waals surface area (Å²) in [4.78, 5) is 12.4. The van der Waals surface area contributed by atoms with E-state index >= 15 is 0 Å². The lowest BCUT2D eigenvalue weighted by Gasteiger charge is -2.12. The fourth-order valence-corrected chi connectivity index (χ4v) is 3.48. The van der Waals surface area contributed by atoms with Crippen LogP contribution in [-0.2, 0) is 17.8 Å². The highest BCUT2D eigenvalue weighted by Crippen LogP contribution is 2.30. The van der Waals surface area contributed by atoms with E-state index < -0.39 is 11.7 Å². The molecule has 0 bridgehead atoms. The van der Waals surface area contributed by atoms with Gasteiger partial charge in [0.05, 0.1) is 7.11 Å². The maximum absolute atomic E-state index is 13.4. The predicted molar refractivity (Wildman–Crippen MR) is 120 cm³/mol. The Morgan fingerprint density at radius 1 is 1.28 bits per heavy atom. The lowest BCUT2D eigenvalue weighted by atomic mass is 10.1. The van der Waals surface area contributed by atoms with E-state index in [0.29, 0.717) is 39.2 Å². The summed E-state index contributed by atoms with van der Waals surface area (Å²) in [6.45, 7) is 1.97. The minimum atomic E-state index is -0.591. The van der Waals surface area contributed by atoms with Crippen molar-refractivity contribution >= 4 is 40.1 Å². The van der Waals surface area contributed by atoms with Gasteiger partial charge in [0.2, 0.25) is 5.13 Å². The number of amides is 1. The van der Waals surface area contributed by atoms with Crippen LogP contribution >= 0.6 is 22.9 Å². The van der Waals surface area contributed by atoms with Gasteiger partial charge in [0, 0.05) is 10.6 Å². The molecule has 1 heterocycles. The quantitative estimate of drug-likeness (QED) is 0.365. The average Bonchev–Trinajstić information content (AvgIpc) is 3.25. The normalized spacial score (nSPS) is 11.0. The Balaban J connectivity index is 1.75. The molecule has 0 saturated carbocycles. The smallest absolute Gasteiger partial charge is 0.268 e. The first-order valence-electron chi connectivity index (χ1n) is 9.43. The van der Waals surface area contributed by atoms with Gasteiger partial charge < -0.3 is 9.47 Å². The molecule has 2 aromatic carbocycles. The number of carbonyl (C=O) groups is 1. The summed E-state index contributed by atoms with van der Waals surface area (Å²) >= 11 is 7.32. The van der Waals surface area contributed by atoms with Crippen molar-refractivity contribution in [1.29, 1.82) is 5.26 Å². The largest absolute Gasteiger partial charge is 0.493 e. The topological polar surface area (TPSA) is 97.1 Å². The second-order valence-corrected chi connectivity index (χ2v) is 7.88. The number of methoxy groups -OCH3 is 1. The van der Waals surface area contributed by atoms with Crippen LogP contribution < -0.4 is 14.8 Å². The molecule has 0 spiro atoms. The summed E-state index contributed by atoms with van der Waals surface area (Å²) in [7, 11) is 1.46. The summed E-state index contributed by atoms with van der Waals surface area (Å²) in [5.74, 6) is -0.233. The Kier molecular flexibility index (Phi) is 7.76. The number of aryl methyl sites for hydroxylation is 1. The van der Waals surface area contributed by atoms with Crippen LogP contribution in [0.25, 0.3) is 6.08 Å². The number of aromatic nitrogens is 2. The summed E-state index contributed by atoms with van der Waals surface area (Å²) in [6, 6.07) is 10.8. The first-order valence-corrected chi connectivity index (χ1v) is 10.6. The molecular formula is C22H18ClFN4O3S. The Bertz CT molecular complexity index is 1210. The minimum absolute atomic E-state index is 0.0373. The Morgan fingerprint density at radius 3 is 2.78 bits per heavy atom. The van der Waals surface area contributed by atoms with Crippen molar-refractivity contribution in [1.82, 2.24) is 10.2 Å². The van der Waals surface area contributed by atoms with Crippen molar-refractivity contribution in [2.75, 3.05) is 12.4 Å². The van der Waals surface area contributed by atoms with Crippen LogP contribution in [0, 0.1) is 17.1 Å². The van der Waals surface area contributed by atoms with Crippen LogP contribution in [0.5, 0.6) is 11.5 Å². The monoisotopic (exact) mass is 472 g/mol. The van der Waals surface area contributed by atoms with Crippen LogP contribution in [0.15, 0.2) is 42.0 Å². The van der Waals surface area contributed by atoms with Crippen molar-refractivity contribution in [3.8, 4) is 17.6 Å². The highest BCUT2D eigenvalue weighted by atomic mass is 35.5. The van der Waals surface area contributed by atoms with E-state index in [1.807, 2.05) is 13.0 Å². The molecule has 1 aromatic heterocycles. The number of nitriles is 1. The number of ether oxygens (including phenoxy) is 2. The number of nitrogens with one attached hydrogen (secondary N) is 1. The van der Waals surface area contributed by atoms with Gasteiger partial charge in [-0.1, -0.05) is 35.9 Å². The highest BCUT2D eigenvalue weighted by molar-refractivity contribution is 7.15. The molecule has 0 aliphatic carbocycles. The first-order chi connectivity index (χ1) is 15.4. The lowest BCUT2D eigenvalue weighted by Crippen LogP contribution is -2.13. The molecule has 1 N–H and O–H groups in total. The number of hydrogen-bond acceptors (Lipinski definition) is 7. The molecule has 0 atom stereocenters. The van der Waals surface area contributed by atoms with Crippen LogP contribution in [0.4, 0.5) is 9.52 Å². The van der Waals surface area contributed by atoms with Crippen molar-refractivity contribution in [3.63, 3.8) is 0 Å². The molecule has 3 aromatic rings. The van der Waals surface area contributed by atoms with E-state index in [-0.39, 0.29) is 12.2 Å². The van der Waals surface area contributed by atoms with Crippen molar-refractivity contribution in [3.05, 3.63) is 68.9 Å². The number of halogens is 2. The van der Waals surface area contributed by atoms with Crippen LogP contribution in [0.1, 0.15) is 23.1 Å². The summed E-state index contributed by atoms with van der Waals surface area (Å²) < 4.78 is 24.5. The van der Waals surface area contributed by atoms with E-state index in [1.165, 1.54) is 42.7 Å². The fraction of sp³-hybridized carbons (Fsp3) is 0.182. The third kappa shape index (κ3) is 5.81. The number of hydrogen-bond donors (Lipinski definition) is 1. The molecule has 164 valence electrons. The molecule has 1 amide bonds. The highest BCUT2D eigenvalue weighted by Gasteiger charge is 2.14. The fourth-order valence-electron chi connectivity index (χ4n) is 2.63. The van der Waals surface area contributed by atoms with Gasteiger partial charge in [-0.05, 0) is 48.4 Å². The van der Waals surface area contributed by atoms with Gasteiger partial charge >= 0.3 is 0 Å². The van der Waals surface area contributed by atoms with Gasteiger partial charge in [-0.2, -0.15) is 5.26 Å². The number of rotatable bonds is 8. The zero-order valence-corrected chi connectivity index (χ0v) is 18.8. The Labute approximate surface area is 193 Å². The van der Waals surface area contributed by atoms with Gasteiger partial charge in [-0.25, -0.2) is 4.39 Å². The molecule has 0 unspecified atom stereocenters. The van der Waals surface area contributed by atoms with E-state index in [2.05, 4.69) is 15.5 Å². The SMILES string of the molecule is CCc1nnc(NC(=O)C(C#N)=Cc2ccc(OCc3cc(F)ccc3Cl)c(OC)c2)s1. The molecule has 0 saturated heterocycles. The summed E-state index contributed by atoms with van der Waals surface area (Å²) in [6.07, 6.45) is 2.13. The Hall–Kier alpha value is -3.48. The molecule has 32 heavy (non-hydrogen) atoms. The molecule has 10 heteroatoms. The van der Waals surface area contributed by atoms with Crippen molar-refractivity contribution in [2.45, 2.75) is 20.0 Å². The molecule has 0 radical (unpaired) electrons. The summed E-state index contributed by atoms with van der Waals surface area (Å²) in [5.41, 5.74) is 0.931. The third-order valence-electron chi connectivity index (χ3n) is 4.24. The van der Waals surface area contributed by atoms with E-state index in [9.17, 15) is 14.4 Å². The van der Waals surface area contributed by atoms with Crippen LogP contribution in [-0.4, -0.2) is 23.2 Å². The van der Waals surface area contributed by atoms with Crippen LogP contribution in [0.3, 0.4) is 0 Å². The van der Waals surface area contributed by atoms with Gasteiger partial charge in [0.1, 0.15) is 29.1 Å². The third-order valence-corrected chi connectivity index (χ3v) is 5.60. The molecule has 7 nitrogen and oxygen atoms in total. The maximum atomic E-state index is 13.4. The minimum Gasteiger partial charge on any atom is -0.493 e. The van der Waals surface area contributed by atoms with E-state index in [1.54, 1.807) is 18.2 Å². The zero-order chi connectivity index (χ0) is 23.1. The molecule has 0 aliphatic heterocycles. The lowest BCUT2D eigenvalue weighted by molar-refractivity contribution is -0.112. The average molecular weight is 473 g/mol. The molecular weight excluding hydrogens is 455 g/mol. The van der Waals surface area contributed by atoms with Gasteiger partial charge in [0.25, 0.3) is 5.91 Å². The zero-order valence-electron chi connectivity index (χ0n) is 17.2. The second kappa shape index (κ2) is 10.7. The van der Waals surface area contributed by atoms with Crippen LogP contribution in [0.2, 0.25) is 5.02 Å². The standard InChI is InChI=1S/C22H18ClFN4O3S/c1-3-20-27-28-22(32-20)26-21(29)14(11-25)8-13-4-7-18(19(9-13)30-2)31-12-15-10-16(24)5-6-17(15)23/h4-10H,3,12H2,1-2H3,(H,26,28,29). The number of nitrogens with zero attached hydrogens (tertiary/aromatic N) is 3. The Morgan fingerprint density at radius 2 is 2.09 bits per heavy atom. The first kappa shape index (κ1) is 23.2. The van der Waals surface area contributed by atoms with Gasteiger partial charge in [-0.15, -0.1) is 10.2 Å². The van der Waals surface area contributed by atoms with Crippen molar-refractivity contribution < 1.29 is 18.7 Å². The summed E-state index contributed by atoms with van der Waals surface area (Å²) in [5, 5.41) is 21.3. The number of benzene rings is 2.